The Hall–Kier alpha value is -2.91. The number of carbonyl (C=O) groups is 2. The minimum atomic E-state index is -0.541. The first-order chi connectivity index (χ1) is 12.1. The Morgan fingerprint density at radius 2 is 1.92 bits per heavy atom. The van der Waals surface area contributed by atoms with E-state index in [1.807, 2.05) is 36.4 Å². The molecule has 2 amide bonds. The number of hydrogen-bond donors (Lipinski definition) is 2. The van der Waals surface area contributed by atoms with Crippen molar-refractivity contribution in [2.75, 3.05) is 5.32 Å². The van der Waals surface area contributed by atoms with E-state index in [0.29, 0.717) is 10.6 Å². The molecule has 25 heavy (non-hydrogen) atoms. The fraction of sp³-hybridized carbons (Fsp3) is 0.211. The average molecular weight is 351 g/mol. The Morgan fingerprint density at radius 1 is 1.20 bits per heavy atom. The molecule has 0 spiro atoms. The molecule has 0 fully saturated rings. The number of hydrogen-bond acceptors (Lipinski definition) is 4. The first-order valence-electron chi connectivity index (χ1n) is 8.02. The highest BCUT2D eigenvalue weighted by molar-refractivity contribution is 7.17. The van der Waals surface area contributed by atoms with Crippen molar-refractivity contribution >= 4 is 34.2 Å². The molecule has 3 rings (SSSR count). The summed E-state index contributed by atoms with van der Waals surface area (Å²) in [5.41, 5.74) is 7.61. The number of amides is 2. The molecule has 1 aromatic carbocycles. The number of nitrogens with zero attached hydrogens (tertiary/aromatic N) is 1. The van der Waals surface area contributed by atoms with Gasteiger partial charge in [-0.15, -0.1) is 11.3 Å². The molecule has 0 saturated heterocycles. The van der Waals surface area contributed by atoms with Gasteiger partial charge >= 0.3 is 0 Å². The molecular formula is C19H17N3O2S. The summed E-state index contributed by atoms with van der Waals surface area (Å²) in [6, 6.07) is 11.1. The highest BCUT2D eigenvalue weighted by atomic mass is 32.1. The molecular weight excluding hydrogens is 334 g/mol. The molecule has 0 bridgehead atoms. The van der Waals surface area contributed by atoms with Crippen molar-refractivity contribution in [2.24, 2.45) is 5.73 Å². The molecule has 0 unspecified atom stereocenters. The number of primary amides is 1. The van der Waals surface area contributed by atoms with Crippen molar-refractivity contribution in [3.63, 3.8) is 0 Å². The summed E-state index contributed by atoms with van der Waals surface area (Å²) in [6.45, 7) is 0. The van der Waals surface area contributed by atoms with E-state index in [4.69, 9.17) is 5.73 Å². The Kier molecular flexibility index (Phi) is 4.96. The number of nitrogens with one attached hydrogen (secondary N) is 1. The van der Waals surface area contributed by atoms with E-state index in [0.717, 1.165) is 41.7 Å². The van der Waals surface area contributed by atoms with E-state index in [-0.39, 0.29) is 5.57 Å². The summed E-state index contributed by atoms with van der Waals surface area (Å²) < 4.78 is 0. The molecule has 1 heterocycles. The molecule has 1 aliphatic rings. The van der Waals surface area contributed by atoms with Gasteiger partial charge in [0.15, 0.2) is 0 Å². The van der Waals surface area contributed by atoms with Gasteiger partial charge in [0.05, 0.1) is 5.56 Å². The third-order valence-corrected chi connectivity index (χ3v) is 5.33. The monoisotopic (exact) mass is 351 g/mol. The lowest BCUT2D eigenvalue weighted by Crippen LogP contribution is -2.19. The zero-order valence-electron chi connectivity index (χ0n) is 13.5. The van der Waals surface area contributed by atoms with Crippen LogP contribution in [0.5, 0.6) is 0 Å². The van der Waals surface area contributed by atoms with Crippen LogP contribution >= 0.6 is 11.3 Å². The molecule has 5 nitrogen and oxygen atoms in total. The maximum absolute atomic E-state index is 12.5. The molecule has 1 aromatic heterocycles. The molecule has 126 valence electrons. The topological polar surface area (TPSA) is 96.0 Å². The molecule has 3 N–H and O–H groups in total. The highest BCUT2D eigenvalue weighted by Gasteiger charge is 2.25. The lowest BCUT2D eigenvalue weighted by atomic mass is 9.95. The van der Waals surface area contributed by atoms with Gasteiger partial charge in [0.1, 0.15) is 16.6 Å². The van der Waals surface area contributed by atoms with E-state index in [2.05, 4.69) is 5.32 Å². The van der Waals surface area contributed by atoms with E-state index >= 15 is 0 Å². The third-order valence-electron chi connectivity index (χ3n) is 4.12. The summed E-state index contributed by atoms with van der Waals surface area (Å²) in [5.74, 6) is -1.08. The maximum Gasteiger partial charge on any atom is 0.266 e. The van der Waals surface area contributed by atoms with Crippen LogP contribution in [0.2, 0.25) is 0 Å². The predicted octanol–water partition coefficient (Wildman–Crippen LogP) is 3.27. The van der Waals surface area contributed by atoms with Gasteiger partial charge in [-0.25, -0.2) is 0 Å². The van der Waals surface area contributed by atoms with E-state index in [1.54, 1.807) is 0 Å². The van der Waals surface area contributed by atoms with Gasteiger partial charge < -0.3 is 11.1 Å². The molecule has 0 aliphatic heterocycles. The maximum atomic E-state index is 12.5. The Balaban J connectivity index is 1.90. The summed E-state index contributed by atoms with van der Waals surface area (Å²) in [5, 5.41) is 12.5. The van der Waals surface area contributed by atoms with E-state index in [1.165, 1.54) is 17.4 Å². The fourth-order valence-corrected chi connectivity index (χ4v) is 4.24. The zero-order chi connectivity index (χ0) is 17.8. The quantitative estimate of drug-likeness (QED) is 0.653. The van der Waals surface area contributed by atoms with Crippen molar-refractivity contribution in [1.82, 2.24) is 0 Å². The number of anilines is 1. The zero-order valence-corrected chi connectivity index (χ0v) is 14.4. The van der Waals surface area contributed by atoms with Crippen molar-refractivity contribution < 1.29 is 9.59 Å². The standard InChI is InChI=1S/C19H17N3O2S/c20-11-13(10-12-6-2-1-3-7-12)18(24)22-19-16(17(21)23)14-8-4-5-9-15(14)25-19/h1-3,6-7,10H,4-5,8-9H2,(H2,21,23)(H,22,24)/b13-10+. The van der Waals surface area contributed by atoms with Crippen molar-refractivity contribution in [1.29, 1.82) is 5.26 Å². The first-order valence-corrected chi connectivity index (χ1v) is 8.84. The fourth-order valence-electron chi connectivity index (χ4n) is 2.95. The first kappa shape index (κ1) is 16.9. The van der Waals surface area contributed by atoms with Crippen LogP contribution in [0.25, 0.3) is 6.08 Å². The number of thiophene rings is 1. The third kappa shape index (κ3) is 3.62. The number of aryl methyl sites for hydroxylation is 1. The van der Waals surface area contributed by atoms with Crippen LogP contribution in [0.3, 0.4) is 0 Å². The summed E-state index contributed by atoms with van der Waals surface area (Å²) in [4.78, 5) is 25.5. The van der Waals surface area contributed by atoms with Gasteiger partial charge in [0.25, 0.3) is 11.8 Å². The number of nitrogens with two attached hydrogens (primary N) is 1. The van der Waals surface area contributed by atoms with Crippen LogP contribution in [0.1, 0.15) is 39.2 Å². The summed E-state index contributed by atoms with van der Waals surface area (Å²) >= 11 is 1.38. The second-order valence-electron chi connectivity index (χ2n) is 5.81. The minimum absolute atomic E-state index is 0.0204. The SMILES string of the molecule is N#C/C(=C\c1ccccc1)C(=O)Nc1sc2c(c1C(N)=O)CCCC2. The predicted molar refractivity (Wildman–Crippen MR) is 98.1 cm³/mol. The number of rotatable bonds is 4. The summed E-state index contributed by atoms with van der Waals surface area (Å²) in [6.07, 6.45) is 5.28. The van der Waals surface area contributed by atoms with Crippen LogP contribution in [-0.4, -0.2) is 11.8 Å². The highest BCUT2D eigenvalue weighted by Crippen LogP contribution is 2.38. The second-order valence-corrected chi connectivity index (χ2v) is 6.92. The molecule has 0 atom stereocenters. The number of benzene rings is 1. The van der Waals surface area contributed by atoms with Crippen molar-refractivity contribution in [3.05, 3.63) is 57.5 Å². The van der Waals surface area contributed by atoms with E-state index < -0.39 is 11.8 Å². The normalized spacial score (nSPS) is 13.6. The van der Waals surface area contributed by atoms with Crippen LogP contribution < -0.4 is 11.1 Å². The Labute approximate surface area is 149 Å². The Morgan fingerprint density at radius 3 is 2.60 bits per heavy atom. The number of fused-ring (bicyclic) bond motifs is 1. The van der Waals surface area contributed by atoms with E-state index in [9.17, 15) is 14.9 Å². The lowest BCUT2D eigenvalue weighted by Gasteiger charge is -2.11. The van der Waals surface area contributed by atoms with Gasteiger partial charge in [-0.05, 0) is 42.9 Å². The Bertz CT molecular complexity index is 891. The molecule has 2 aromatic rings. The van der Waals surface area contributed by atoms with Gasteiger partial charge in [0.2, 0.25) is 0 Å². The van der Waals surface area contributed by atoms with Crippen LogP contribution in [0.4, 0.5) is 5.00 Å². The number of carbonyl (C=O) groups excluding carboxylic acids is 2. The van der Waals surface area contributed by atoms with Crippen LogP contribution in [-0.2, 0) is 17.6 Å². The van der Waals surface area contributed by atoms with Gasteiger partial charge in [-0.2, -0.15) is 5.26 Å². The molecule has 1 aliphatic carbocycles. The smallest absolute Gasteiger partial charge is 0.266 e. The van der Waals surface area contributed by atoms with Crippen LogP contribution in [0, 0.1) is 11.3 Å². The van der Waals surface area contributed by atoms with Crippen LogP contribution in [0.15, 0.2) is 35.9 Å². The van der Waals surface area contributed by atoms with Gasteiger partial charge in [0, 0.05) is 4.88 Å². The summed E-state index contributed by atoms with van der Waals surface area (Å²) in [7, 11) is 0. The minimum Gasteiger partial charge on any atom is -0.365 e. The van der Waals surface area contributed by atoms with Gasteiger partial charge in [-0.1, -0.05) is 30.3 Å². The van der Waals surface area contributed by atoms with Crippen molar-refractivity contribution in [2.45, 2.75) is 25.7 Å². The number of nitriles is 1. The molecule has 0 saturated carbocycles. The largest absolute Gasteiger partial charge is 0.365 e. The van der Waals surface area contributed by atoms with Gasteiger partial charge in [-0.3, -0.25) is 9.59 Å². The lowest BCUT2D eigenvalue weighted by molar-refractivity contribution is -0.112. The average Bonchev–Trinajstić information content (AvgIpc) is 2.98. The second kappa shape index (κ2) is 7.32. The molecule has 6 heteroatoms. The van der Waals surface area contributed by atoms with Crippen molar-refractivity contribution in [3.8, 4) is 6.07 Å². The molecule has 0 radical (unpaired) electrons.